The van der Waals surface area contributed by atoms with E-state index in [1.54, 1.807) is 23.6 Å². The Hall–Kier alpha value is -2.81. The first-order valence-electron chi connectivity index (χ1n) is 9.64. The van der Waals surface area contributed by atoms with Crippen molar-refractivity contribution in [2.45, 2.75) is 51.7 Å². The van der Waals surface area contributed by atoms with Crippen molar-refractivity contribution in [1.29, 1.82) is 0 Å². The molecule has 6 nitrogen and oxygen atoms in total. The number of carbonyl (C=O) groups is 1. The van der Waals surface area contributed by atoms with Crippen LogP contribution in [0.15, 0.2) is 35.7 Å². The third-order valence-corrected chi connectivity index (χ3v) is 5.46. The second kappa shape index (κ2) is 7.79. The molecule has 0 bridgehead atoms. The molecule has 2 heterocycles. The SMILES string of the molecule is CC(C)(C)n1nc(C(=O)Nc2nc(-c3ccccc3OC(F)F)cs2)cc1C1CC1. The minimum absolute atomic E-state index is 0.0358. The van der Waals surface area contributed by atoms with Gasteiger partial charge in [0.2, 0.25) is 0 Å². The van der Waals surface area contributed by atoms with Gasteiger partial charge < -0.3 is 4.74 Å². The van der Waals surface area contributed by atoms with Crippen molar-refractivity contribution in [3.63, 3.8) is 0 Å². The molecule has 1 amide bonds. The lowest BCUT2D eigenvalue weighted by atomic mass is 10.1. The molecule has 2 aromatic heterocycles. The summed E-state index contributed by atoms with van der Waals surface area (Å²) in [4.78, 5) is 17.1. The van der Waals surface area contributed by atoms with Gasteiger partial charge in [-0.15, -0.1) is 11.3 Å². The molecule has 30 heavy (non-hydrogen) atoms. The van der Waals surface area contributed by atoms with Crippen molar-refractivity contribution in [3.8, 4) is 17.0 Å². The van der Waals surface area contributed by atoms with Crippen LogP contribution in [0, 0.1) is 0 Å². The lowest BCUT2D eigenvalue weighted by Gasteiger charge is -2.22. The maximum absolute atomic E-state index is 12.8. The molecule has 1 fully saturated rings. The van der Waals surface area contributed by atoms with E-state index in [0.29, 0.717) is 28.0 Å². The maximum Gasteiger partial charge on any atom is 0.387 e. The van der Waals surface area contributed by atoms with Gasteiger partial charge in [0, 0.05) is 22.6 Å². The quantitative estimate of drug-likeness (QED) is 0.559. The van der Waals surface area contributed by atoms with Crippen LogP contribution in [0.2, 0.25) is 0 Å². The summed E-state index contributed by atoms with van der Waals surface area (Å²) in [6, 6.07) is 8.27. The number of hydrogen-bond acceptors (Lipinski definition) is 5. The minimum Gasteiger partial charge on any atom is -0.434 e. The van der Waals surface area contributed by atoms with Crippen molar-refractivity contribution < 1.29 is 18.3 Å². The van der Waals surface area contributed by atoms with E-state index in [1.807, 2.05) is 10.7 Å². The summed E-state index contributed by atoms with van der Waals surface area (Å²) in [5.41, 5.74) is 2.07. The second-order valence-electron chi connectivity index (χ2n) is 8.18. The zero-order valence-electron chi connectivity index (χ0n) is 16.9. The number of hydrogen-bond donors (Lipinski definition) is 1. The smallest absolute Gasteiger partial charge is 0.387 e. The van der Waals surface area contributed by atoms with Crippen molar-refractivity contribution in [2.24, 2.45) is 0 Å². The average Bonchev–Trinajstić information content (AvgIpc) is 3.23. The molecule has 0 unspecified atom stereocenters. The van der Waals surface area contributed by atoms with Gasteiger partial charge in [-0.3, -0.25) is 14.8 Å². The van der Waals surface area contributed by atoms with Crippen molar-refractivity contribution >= 4 is 22.4 Å². The zero-order valence-corrected chi connectivity index (χ0v) is 17.7. The van der Waals surface area contributed by atoms with E-state index < -0.39 is 6.61 Å². The van der Waals surface area contributed by atoms with Crippen LogP contribution in [-0.4, -0.2) is 27.3 Å². The number of anilines is 1. The molecule has 158 valence electrons. The van der Waals surface area contributed by atoms with E-state index >= 15 is 0 Å². The molecular weight excluding hydrogens is 410 g/mol. The van der Waals surface area contributed by atoms with Gasteiger partial charge in [0.1, 0.15) is 5.75 Å². The van der Waals surface area contributed by atoms with Crippen molar-refractivity contribution in [1.82, 2.24) is 14.8 Å². The van der Waals surface area contributed by atoms with Crippen molar-refractivity contribution in [3.05, 3.63) is 47.1 Å². The third kappa shape index (κ3) is 4.35. The molecule has 1 aliphatic rings. The largest absolute Gasteiger partial charge is 0.434 e. The summed E-state index contributed by atoms with van der Waals surface area (Å²) >= 11 is 1.21. The number of rotatable bonds is 6. The molecule has 1 N–H and O–H groups in total. The summed E-state index contributed by atoms with van der Waals surface area (Å²) in [5, 5.41) is 9.34. The van der Waals surface area contributed by atoms with Crippen LogP contribution in [0.4, 0.5) is 13.9 Å². The fraction of sp³-hybridized carbons (Fsp3) is 0.381. The first kappa shape index (κ1) is 20.5. The molecule has 3 aromatic rings. The van der Waals surface area contributed by atoms with Gasteiger partial charge in [-0.1, -0.05) is 12.1 Å². The first-order valence-corrected chi connectivity index (χ1v) is 10.5. The number of carbonyl (C=O) groups excluding carboxylic acids is 1. The molecule has 9 heteroatoms. The molecule has 0 aliphatic heterocycles. The Morgan fingerprint density at radius 1 is 1.30 bits per heavy atom. The van der Waals surface area contributed by atoms with Crippen LogP contribution in [-0.2, 0) is 5.54 Å². The lowest BCUT2D eigenvalue weighted by molar-refractivity contribution is -0.0494. The fourth-order valence-electron chi connectivity index (χ4n) is 3.21. The highest BCUT2D eigenvalue weighted by atomic mass is 32.1. The number of ether oxygens (including phenoxy) is 1. The second-order valence-corrected chi connectivity index (χ2v) is 9.04. The van der Waals surface area contributed by atoms with Gasteiger partial charge in [-0.25, -0.2) is 4.98 Å². The zero-order chi connectivity index (χ0) is 21.5. The Morgan fingerprint density at radius 3 is 2.70 bits per heavy atom. The predicted molar refractivity (Wildman–Crippen MR) is 111 cm³/mol. The Morgan fingerprint density at radius 2 is 2.03 bits per heavy atom. The molecule has 0 radical (unpaired) electrons. The normalized spacial score (nSPS) is 14.2. The topological polar surface area (TPSA) is 69.0 Å². The van der Waals surface area contributed by atoms with Crippen LogP contribution in [0.1, 0.15) is 55.7 Å². The monoisotopic (exact) mass is 432 g/mol. The summed E-state index contributed by atoms with van der Waals surface area (Å²) in [7, 11) is 0. The molecule has 1 saturated carbocycles. The van der Waals surface area contributed by atoms with E-state index in [2.05, 4.69) is 40.9 Å². The molecule has 0 saturated heterocycles. The third-order valence-electron chi connectivity index (χ3n) is 4.70. The van der Waals surface area contributed by atoms with Crippen molar-refractivity contribution in [2.75, 3.05) is 5.32 Å². The number of para-hydroxylation sites is 1. The summed E-state index contributed by atoms with van der Waals surface area (Å²) in [5.74, 6) is 0.141. The summed E-state index contributed by atoms with van der Waals surface area (Å²) in [6.07, 6.45) is 2.22. The standard InChI is InChI=1S/C21H22F2N4O2S/c1-21(2,3)27-16(12-8-9-12)10-14(26-27)18(28)25-20-24-15(11-30-20)13-6-4-5-7-17(13)29-19(22)23/h4-7,10-12,19H,8-9H2,1-3H3,(H,24,25,28). The first-order chi connectivity index (χ1) is 14.2. The number of alkyl halides is 2. The molecule has 0 spiro atoms. The number of benzene rings is 1. The highest BCUT2D eigenvalue weighted by Gasteiger charge is 2.32. The average molecular weight is 432 g/mol. The van der Waals surface area contributed by atoms with Crippen LogP contribution in [0.5, 0.6) is 5.75 Å². The number of halogens is 2. The number of thiazole rings is 1. The molecule has 0 atom stereocenters. The van der Waals surface area contributed by atoms with E-state index in [9.17, 15) is 13.6 Å². The molecule has 1 aliphatic carbocycles. The van der Waals surface area contributed by atoms with Crippen LogP contribution in [0.25, 0.3) is 11.3 Å². The highest BCUT2D eigenvalue weighted by Crippen LogP contribution is 2.42. The van der Waals surface area contributed by atoms with Gasteiger partial charge in [0.05, 0.1) is 11.2 Å². The van der Waals surface area contributed by atoms with Gasteiger partial charge in [0.25, 0.3) is 5.91 Å². The summed E-state index contributed by atoms with van der Waals surface area (Å²) in [6.45, 7) is 3.24. The number of amides is 1. The highest BCUT2D eigenvalue weighted by molar-refractivity contribution is 7.14. The molecular formula is C21H22F2N4O2S. The Labute approximate surface area is 176 Å². The van der Waals surface area contributed by atoms with E-state index in [-0.39, 0.29) is 17.2 Å². The van der Waals surface area contributed by atoms with Crippen LogP contribution >= 0.6 is 11.3 Å². The Balaban J connectivity index is 1.54. The van der Waals surface area contributed by atoms with E-state index in [1.165, 1.54) is 17.4 Å². The van der Waals surface area contributed by atoms with Crippen LogP contribution in [0.3, 0.4) is 0 Å². The van der Waals surface area contributed by atoms with Crippen LogP contribution < -0.4 is 10.1 Å². The number of nitrogens with zero attached hydrogens (tertiary/aromatic N) is 3. The van der Waals surface area contributed by atoms with Gasteiger partial charge >= 0.3 is 6.61 Å². The predicted octanol–water partition coefficient (Wildman–Crippen LogP) is 5.49. The maximum atomic E-state index is 12.8. The number of nitrogens with one attached hydrogen (secondary N) is 1. The van der Waals surface area contributed by atoms with E-state index in [0.717, 1.165) is 18.5 Å². The molecule has 4 rings (SSSR count). The minimum atomic E-state index is -2.93. The Kier molecular flexibility index (Phi) is 5.31. The van der Waals surface area contributed by atoms with Gasteiger partial charge in [0.15, 0.2) is 10.8 Å². The number of aromatic nitrogens is 3. The van der Waals surface area contributed by atoms with E-state index in [4.69, 9.17) is 0 Å². The van der Waals surface area contributed by atoms with Gasteiger partial charge in [-0.2, -0.15) is 13.9 Å². The van der Waals surface area contributed by atoms with Gasteiger partial charge in [-0.05, 0) is 51.8 Å². The Bertz CT molecular complexity index is 1070. The molecule has 1 aromatic carbocycles. The fourth-order valence-corrected chi connectivity index (χ4v) is 3.91. The lowest BCUT2D eigenvalue weighted by Crippen LogP contribution is -2.25. The summed E-state index contributed by atoms with van der Waals surface area (Å²) < 4.78 is 31.8.